The van der Waals surface area contributed by atoms with Crippen LogP contribution in [0.15, 0.2) is 78.0 Å². The maximum absolute atomic E-state index is 12.3. The van der Waals surface area contributed by atoms with Gasteiger partial charge in [0.05, 0.1) is 23.4 Å². The Kier molecular flexibility index (Phi) is 12.8. The summed E-state index contributed by atoms with van der Waals surface area (Å²) in [4.78, 5) is 28.3. The Morgan fingerprint density at radius 1 is 0.939 bits per heavy atom. The Morgan fingerprint density at radius 2 is 1.58 bits per heavy atom. The van der Waals surface area contributed by atoms with Crippen LogP contribution >= 0.6 is 12.0 Å². The molecule has 2 aromatic heterocycles. The maximum Gasteiger partial charge on any atom is 0.224 e. The zero-order valence-corrected chi connectivity index (χ0v) is 21.6. The predicted molar refractivity (Wildman–Crippen MR) is 124 cm³/mol. The number of aromatic nitrogens is 2. The number of nitrogens with one attached hydrogen (secondary N) is 1. The average Bonchev–Trinajstić information content (AvgIpc) is 2.82. The van der Waals surface area contributed by atoms with E-state index in [1.165, 1.54) is 0 Å². The van der Waals surface area contributed by atoms with Gasteiger partial charge in [0.15, 0.2) is 0 Å². The predicted octanol–water partition coefficient (Wildman–Crippen LogP) is 4.11. The molecule has 0 aliphatic rings. The summed E-state index contributed by atoms with van der Waals surface area (Å²) >= 11 is 0.995. The number of amides is 1. The second kappa shape index (κ2) is 15.6. The minimum absolute atomic E-state index is 0. The number of nitrogens with zero attached hydrogens (tertiary/aromatic N) is 3. The van der Waals surface area contributed by atoms with Crippen molar-refractivity contribution in [3.8, 4) is 0 Å². The number of pyridine rings is 2. The summed E-state index contributed by atoms with van der Waals surface area (Å²) in [5.74, 6) is 4.81. The Morgan fingerprint density at radius 3 is 2.12 bits per heavy atom. The Balaban J connectivity index is 0.00000385. The fourth-order valence-corrected chi connectivity index (χ4v) is 3.52. The van der Waals surface area contributed by atoms with Gasteiger partial charge in [-0.2, -0.15) is 5.90 Å². The van der Waals surface area contributed by atoms with Crippen molar-refractivity contribution in [2.75, 3.05) is 11.9 Å². The van der Waals surface area contributed by atoms with Crippen molar-refractivity contribution in [3.05, 3.63) is 84.4 Å². The molecule has 1 amide bonds. The van der Waals surface area contributed by atoms with Gasteiger partial charge in [0.1, 0.15) is 0 Å². The number of carbonyl (C=O) groups is 1. The van der Waals surface area contributed by atoms with Crippen LogP contribution in [0.3, 0.4) is 0 Å². The van der Waals surface area contributed by atoms with Gasteiger partial charge in [0.2, 0.25) is 5.91 Å². The first kappa shape index (κ1) is 27.1. The number of hydrogen-bond donors (Lipinski definition) is 2. The molecule has 3 N–H and O–H groups in total. The molecule has 0 fully saturated rings. The zero-order chi connectivity index (χ0) is 22.4. The van der Waals surface area contributed by atoms with Crippen LogP contribution in [0.2, 0.25) is 0 Å². The maximum atomic E-state index is 12.3. The van der Waals surface area contributed by atoms with E-state index in [1.54, 1.807) is 0 Å². The van der Waals surface area contributed by atoms with Crippen LogP contribution in [-0.2, 0) is 47.6 Å². The largest absolute Gasteiger partial charge is 0.326 e. The minimum Gasteiger partial charge on any atom is -0.326 e. The number of unbranched alkanes of at least 4 members (excludes halogenated alkanes) is 1. The van der Waals surface area contributed by atoms with Crippen LogP contribution in [0.4, 0.5) is 5.69 Å². The topological polar surface area (TPSA) is 103 Å². The van der Waals surface area contributed by atoms with E-state index in [0.29, 0.717) is 6.42 Å². The van der Waals surface area contributed by atoms with Crippen LogP contribution in [-0.4, -0.2) is 27.3 Å². The van der Waals surface area contributed by atoms with E-state index < -0.39 is 0 Å². The smallest absolute Gasteiger partial charge is 0.224 e. The number of nitrogens with two attached hydrogens (primary N) is 1. The van der Waals surface area contributed by atoms with Gasteiger partial charge in [0, 0.05) is 62.9 Å². The number of rotatable bonds is 13. The van der Waals surface area contributed by atoms with E-state index in [0.717, 1.165) is 66.5 Å². The molecule has 0 saturated heterocycles. The van der Waals surface area contributed by atoms with Crippen molar-refractivity contribution in [1.82, 2.24) is 14.9 Å². The molecule has 2 heterocycles. The van der Waals surface area contributed by atoms with Crippen molar-refractivity contribution in [2.45, 2.75) is 37.2 Å². The second-order valence-electron chi connectivity index (χ2n) is 7.13. The molecule has 0 aliphatic carbocycles. The normalized spacial score (nSPS) is 10.6. The molecule has 0 unspecified atom stereocenters. The summed E-state index contributed by atoms with van der Waals surface area (Å²) < 4.78 is 4.60. The fraction of sp³-hybridized carbons (Fsp3) is 0.261. The minimum atomic E-state index is -0.00653. The Bertz CT molecular complexity index is 894. The van der Waals surface area contributed by atoms with Crippen LogP contribution in [0.1, 0.15) is 30.7 Å². The molecule has 3 aromatic rings. The molecule has 1 radical (unpaired) electrons. The van der Waals surface area contributed by atoms with E-state index >= 15 is 0 Å². The van der Waals surface area contributed by atoms with Crippen LogP contribution in [0, 0.1) is 0 Å². The van der Waals surface area contributed by atoms with E-state index in [-0.39, 0.29) is 26.3 Å². The molecule has 1 aromatic carbocycles. The molecular formula is C23H27N5O3ReS. The van der Waals surface area contributed by atoms with Crippen molar-refractivity contribution in [3.63, 3.8) is 0 Å². The SMILES string of the molecule is NOOSc1ccc(NC(=O)CCCCN(Cc2ccccn2)Cc2ccccn2)cc1.[Re]. The Hall–Kier alpha value is -2.16. The van der Waals surface area contributed by atoms with Gasteiger partial charge in [-0.05, 0) is 67.9 Å². The first-order chi connectivity index (χ1) is 15.7. The third kappa shape index (κ3) is 10.5. The van der Waals surface area contributed by atoms with Gasteiger partial charge in [0.25, 0.3) is 0 Å². The molecule has 3 rings (SSSR count). The van der Waals surface area contributed by atoms with E-state index in [9.17, 15) is 4.79 Å². The Labute approximate surface area is 212 Å². The summed E-state index contributed by atoms with van der Waals surface area (Å²) in [5, 5.41) is 2.91. The first-order valence-corrected chi connectivity index (χ1v) is 11.1. The molecule has 8 nitrogen and oxygen atoms in total. The third-order valence-corrected chi connectivity index (χ3v) is 5.27. The number of hydrogen-bond acceptors (Lipinski definition) is 8. The van der Waals surface area contributed by atoms with Crippen LogP contribution < -0.4 is 11.2 Å². The quantitative estimate of drug-likeness (QED) is 0.125. The van der Waals surface area contributed by atoms with Gasteiger partial charge < -0.3 is 5.32 Å². The van der Waals surface area contributed by atoms with E-state index in [2.05, 4.69) is 29.5 Å². The monoisotopic (exact) mass is 640 g/mol. The average molecular weight is 640 g/mol. The molecular weight excluding hydrogens is 613 g/mol. The van der Waals surface area contributed by atoms with Gasteiger partial charge in [-0.15, -0.1) is 9.32 Å². The fourth-order valence-electron chi connectivity index (χ4n) is 3.15. The van der Waals surface area contributed by atoms with Gasteiger partial charge >= 0.3 is 0 Å². The van der Waals surface area contributed by atoms with E-state index in [4.69, 9.17) is 5.90 Å². The molecule has 33 heavy (non-hydrogen) atoms. The number of carbonyl (C=O) groups excluding carboxylic acids is 1. The van der Waals surface area contributed by atoms with Crippen molar-refractivity contribution < 1.29 is 34.5 Å². The van der Waals surface area contributed by atoms with Crippen molar-refractivity contribution >= 4 is 23.6 Å². The summed E-state index contributed by atoms with van der Waals surface area (Å²) in [7, 11) is 0. The summed E-state index contributed by atoms with van der Waals surface area (Å²) in [5.41, 5.74) is 2.78. The first-order valence-electron chi connectivity index (χ1n) is 10.3. The molecule has 0 spiro atoms. The van der Waals surface area contributed by atoms with Crippen molar-refractivity contribution in [2.24, 2.45) is 5.90 Å². The number of anilines is 1. The van der Waals surface area contributed by atoms with Gasteiger partial charge in [-0.3, -0.25) is 19.7 Å². The van der Waals surface area contributed by atoms with Crippen LogP contribution in [0.25, 0.3) is 0 Å². The van der Waals surface area contributed by atoms with Gasteiger partial charge in [-0.25, -0.2) is 0 Å². The molecule has 0 aliphatic heterocycles. The molecule has 0 saturated carbocycles. The van der Waals surface area contributed by atoms with Crippen molar-refractivity contribution in [1.29, 1.82) is 0 Å². The van der Waals surface area contributed by atoms with E-state index in [1.807, 2.05) is 73.1 Å². The standard InChI is InChI=1S/C23H27N5O3S.Re/c24-30-31-32-22-12-10-19(11-13-22)27-23(29)9-3-6-16-28(17-20-7-1-4-14-25-20)18-21-8-2-5-15-26-21;/h1-2,4-5,7-8,10-15H,3,6,9,16-18,24H2,(H,27,29);. The molecule has 0 atom stereocenters. The number of benzene rings is 1. The summed E-state index contributed by atoms with van der Waals surface area (Å²) in [6.45, 7) is 2.34. The third-order valence-electron chi connectivity index (χ3n) is 4.66. The molecule has 175 valence electrons. The summed E-state index contributed by atoms with van der Waals surface area (Å²) in [6.07, 6.45) is 5.77. The zero-order valence-electron chi connectivity index (χ0n) is 18.1. The molecule has 10 heteroatoms. The second-order valence-corrected chi connectivity index (χ2v) is 7.90. The summed E-state index contributed by atoms with van der Waals surface area (Å²) in [6, 6.07) is 19.1. The molecule has 0 bridgehead atoms. The van der Waals surface area contributed by atoms with Crippen LogP contribution in [0.5, 0.6) is 0 Å². The van der Waals surface area contributed by atoms with Gasteiger partial charge in [-0.1, -0.05) is 12.1 Å².